The molecule has 5 rings (SSSR count). The van der Waals surface area contributed by atoms with Crippen LogP contribution in [0, 0.1) is 11.3 Å². The molecule has 0 amide bonds. The fourth-order valence-corrected chi connectivity index (χ4v) is 4.24. The van der Waals surface area contributed by atoms with E-state index in [0.29, 0.717) is 59.5 Å². The molecule has 164 valence electrons. The van der Waals surface area contributed by atoms with Crippen molar-refractivity contribution in [2.75, 3.05) is 31.2 Å². The van der Waals surface area contributed by atoms with E-state index in [9.17, 15) is 15.2 Å². The van der Waals surface area contributed by atoms with Crippen molar-refractivity contribution in [3.63, 3.8) is 0 Å². The van der Waals surface area contributed by atoms with Gasteiger partial charge in [0.2, 0.25) is 0 Å². The van der Waals surface area contributed by atoms with Gasteiger partial charge in [0.1, 0.15) is 23.2 Å². The number of morpholine rings is 1. The number of hydrogen-bond acceptors (Lipinski definition) is 6. The molecule has 1 fully saturated rings. The molecule has 7 nitrogen and oxygen atoms in total. The minimum atomic E-state index is -0.507. The van der Waals surface area contributed by atoms with Gasteiger partial charge in [-0.3, -0.25) is 4.79 Å². The molecular formula is C25H19ClN4O3. The number of rotatable bonds is 3. The molecule has 33 heavy (non-hydrogen) atoms. The SMILES string of the molecule is N#Cc1c(-c2cc3cc(Cl)ccc3nc2N2CCOCC2)cc(-c2cccc(O)c2)[nH]c1=O. The second kappa shape index (κ2) is 8.58. The third kappa shape index (κ3) is 4.02. The number of aromatic amines is 1. The number of ether oxygens (including phenoxy) is 1. The first-order valence-electron chi connectivity index (χ1n) is 10.4. The Morgan fingerprint density at radius 3 is 2.67 bits per heavy atom. The van der Waals surface area contributed by atoms with Gasteiger partial charge in [-0.25, -0.2) is 4.98 Å². The number of H-pyrrole nitrogens is 1. The molecule has 1 saturated heterocycles. The number of aromatic hydroxyl groups is 1. The fraction of sp³-hybridized carbons (Fsp3) is 0.160. The summed E-state index contributed by atoms with van der Waals surface area (Å²) in [5.74, 6) is 0.757. The summed E-state index contributed by atoms with van der Waals surface area (Å²) in [7, 11) is 0. The molecule has 2 aromatic heterocycles. The number of aromatic nitrogens is 2. The minimum absolute atomic E-state index is 0.00316. The van der Waals surface area contributed by atoms with Gasteiger partial charge in [-0.15, -0.1) is 0 Å². The first-order chi connectivity index (χ1) is 16.0. The Kier molecular flexibility index (Phi) is 5.47. The van der Waals surface area contributed by atoms with Crippen LogP contribution in [0.25, 0.3) is 33.3 Å². The number of nitriles is 1. The predicted molar refractivity (Wildman–Crippen MR) is 128 cm³/mol. The molecule has 1 aliphatic heterocycles. The monoisotopic (exact) mass is 458 g/mol. The molecule has 0 spiro atoms. The van der Waals surface area contributed by atoms with Crippen LogP contribution in [0.1, 0.15) is 5.56 Å². The van der Waals surface area contributed by atoms with Gasteiger partial charge in [0.05, 0.1) is 18.7 Å². The van der Waals surface area contributed by atoms with Crippen molar-refractivity contribution in [3.8, 4) is 34.2 Å². The summed E-state index contributed by atoms with van der Waals surface area (Å²) in [6, 6.07) is 17.8. The van der Waals surface area contributed by atoms with Gasteiger partial charge in [0.25, 0.3) is 5.56 Å². The molecule has 1 aliphatic rings. The molecule has 3 heterocycles. The van der Waals surface area contributed by atoms with E-state index in [2.05, 4.69) is 16.0 Å². The normalized spacial score (nSPS) is 13.8. The quantitative estimate of drug-likeness (QED) is 0.474. The van der Waals surface area contributed by atoms with Crippen molar-refractivity contribution in [3.05, 3.63) is 75.5 Å². The molecule has 2 aromatic carbocycles. The van der Waals surface area contributed by atoms with Crippen LogP contribution < -0.4 is 10.5 Å². The predicted octanol–water partition coefficient (Wildman–Crippen LogP) is 4.32. The summed E-state index contributed by atoms with van der Waals surface area (Å²) >= 11 is 6.22. The molecule has 0 saturated carbocycles. The first kappa shape index (κ1) is 21.0. The number of hydrogen-bond donors (Lipinski definition) is 2. The first-order valence-corrected chi connectivity index (χ1v) is 10.8. The second-order valence-corrected chi connectivity index (χ2v) is 8.20. The number of benzene rings is 2. The third-order valence-electron chi connectivity index (χ3n) is 5.66. The van der Waals surface area contributed by atoms with E-state index in [1.54, 1.807) is 36.4 Å². The van der Waals surface area contributed by atoms with Gasteiger partial charge in [-0.2, -0.15) is 5.26 Å². The Labute approximate surface area is 194 Å². The maximum atomic E-state index is 12.9. The van der Waals surface area contributed by atoms with Crippen LogP contribution in [0.4, 0.5) is 5.82 Å². The van der Waals surface area contributed by atoms with Gasteiger partial charge in [0, 0.05) is 45.9 Å². The number of anilines is 1. The molecule has 0 bridgehead atoms. The number of phenols is 1. The van der Waals surface area contributed by atoms with E-state index < -0.39 is 5.56 Å². The Balaban J connectivity index is 1.80. The topological polar surface area (TPSA) is 102 Å². The molecule has 4 aromatic rings. The molecule has 0 unspecified atom stereocenters. The smallest absolute Gasteiger partial charge is 0.266 e. The number of nitrogens with zero attached hydrogens (tertiary/aromatic N) is 3. The average molecular weight is 459 g/mol. The summed E-state index contributed by atoms with van der Waals surface area (Å²) in [5, 5.41) is 21.1. The van der Waals surface area contributed by atoms with Crippen molar-refractivity contribution in [1.82, 2.24) is 9.97 Å². The molecular weight excluding hydrogens is 440 g/mol. The second-order valence-electron chi connectivity index (χ2n) is 7.76. The van der Waals surface area contributed by atoms with E-state index >= 15 is 0 Å². The average Bonchev–Trinajstić information content (AvgIpc) is 2.83. The lowest BCUT2D eigenvalue weighted by Gasteiger charge is -2.30. The van der Waals surface area contributed by atoms with Crippen LogP contribution >= 0.6 is 11.6 Å². The van der Waals surface area contributed by atoms with Crippen LogP contribution in [0.2, 0.25) is 5.02 Å². The molecule has 0 aliphatic carbocycles. The molecule has 2 N–H and O–H groups in total. The number of phenolic OH excluding ortho intramolecular Hbond substituents is 1. The molecule has 0 radical (unpaired) electrons. The summed E-state index contributed by atoms with van der Waals surface area (Å²) in [4.78, 5) is 22.7. The lowest BCUT2D eigenvalue weighted by molar-refractivity contribution is 0.122. The maximum absolute atomic E-state index is 12.9. The fourth-order valence-electron chi connectivity index (χ4n) is 4.06. The van der Waals surface area contributed by atoms with Gasteiger partial charge in [0.15, 0.2) is 0 Å². The van der Waals surface area contributed by atoms with Crippen LogP contribution in [0.5, 0.6) is 5.75 Å². The Hall–Kier alpha value is -3.86. The lowest BCUT2D eigenvalue weighted by atomic mass is 9.97. The number of nitrogens with one attached hydrogen (secondary N) is 1. The minimum Gasteiger partial charge on any atom is -0.508 e. The molecule has 8 heteroatoms. The highest BCUT2D eigenvalue weighted by atomic mass is 35.5. The number of fused-ring (bicyclic) bond motifs is 1. The summed E-state index contributed by atoms with van der Waals surface area (Å²) in [6.45, 7) is 2.41. The number of pyridine rings is 2. The van der Waals surface area contributed by atoms with Gasteiger partial charge >= 0.3 is 0 Å². The van der Waals surface area contributed by atoms with Crippen molar-refractivity contribution in [1.29, 1.82) is 5.26 Å². The lowest BCUT2D eigenvalue weighted by Crippen LogP contribution is -2.37. The third-order valence-corrected chi connectivity index (χ3v) is 5.89. The summed E-state index contributed by atoms with van der Waals surface area (Å²) in [6.07, 6.45) is 0. The maximum Gasteiger partial charge on any atom is 0.266 e. The van der Waals surface area contributed by atoms with Crippen LogP contribution in [-0.2, 0) is 4.74 Å². The highest BCUT2D eigenvalue weighted by Gasteiger charge is 2.22. The zero-order valence-corrected chi connectivity index (χ0v) is 18.3. The zero-order valence-electron chi connectivity index (χ0n) is 17.5. The van der Waals surface area contributed by atoms with E-state index in [1.165, 1.54) is 0 Å². The van der Waals surface area contributed by atoms with Crippen LogP contribution in [0.3, 0.4) is 0 Å². The highest BCUT2D eigenvalue weighted by Crippen LogP contribution is 2.36. The van der Waals surface area contributed by atoms with E-state index in [1.807, 2.05) is 18.2 Å². The highest BCUT2D eigenvalue weighted by molar-refractivity contribution is 6.31. The Morgan fingerprint density at radius 1 is 1.09 bits per heavy atom. The van der Waals surface area contributed by atoms with Gasteiger partial charge in [-0.05, 0) is 42.5 Å². The summed E-state index contributed by atoms with van der Waals surface area (Å²) in [5.41, 5.74) is 2.50. The van der Waals surface area contributed by atoms with E-state index in [0.717, 1.165) is 10.9 Å². The van der Waals surface area contributed by atoms with Gasteiger partial charge < -0.3 is 19.7 Å². The Bertz CT molecular complexity index is 1470. The van der Waals surface area contributed by atoms with Gasteiger partial charge in [-0.1, -0.05) is 23.7 Å². The van der Waals surface area contributed by atoms with Crippen molar-refractivity contribution in [2.45, 2.75) is 0 Å². The van der Waals surface area contributed by atoms with Crippen molar-refractivity contribution >= 4 is 28.3 Å². The Morgan fingerprint density at radius 2 is 1.91 bits per heavy atom. The van der Waals surface area contributed by atoms with Crippen molar-refractivity contribution in [2.24, 2.45) is 0 Å². The van der Waals surface area contributed by atoms with Crippen LogP contribution in [0.15, 0.2) is 59.4 Å². The van der Waals surface area contributed by atoms with E-state index in [-0.39, 0.29) is 11.3 Å². The van der Waals surface area contributed by atoms with Crippen molar-refractivity contribution < 1.29 is 9.84 Å². The molecule has 0 atom stereocenters. The summed E-state index contributed by atoms with van der Waals surface area (Å²) < 4.78 is 5.50. The van der Waals surface area contributed by atoms with Crippen LogP contribution in [-0.4, -0.2) is 41.4 Å². The zero-order chi connectivity index (χ0) is 22.9. The number of halogens is 1. The van der Waals surface area contributed by atoms with E-state index in [4.69, 9.17) is 21.3 Å². The standard InChI is InChI=1S/C25H19ClN4O3/c26-17-4-5-22-16(10-17)12-20(24(28-22)30-6-8-33-9-7-30)19-13-23(29-25(32)21(19)14-27)15-2-1-3-18(31)11-15/h1-5,10-13,31H,6-9H2,(H,29,32). The largest absolute Gasteiger partial charge is 0.508 e.